The van der Waals surface area contributed by atoms with Crippen LogP contribution in [0.2, 0.25) is 0 Å². The first-order chi connectivity index (χ1) is 14.0. The number of fused-ring (bicyclic) bond motifs is 3. The number of nitrogens with zero attached hydrogens (tertiary/aromatic N) is 3. The molecule has 0 unspecified atom stereocenters. The van der Waals surface area contributed by atoms with E-state index in [0.717, 1.165) is 25.9 Å². The van der Waals surface area contributed by atoms with Crippen molar-refractivity contribution in [2.24, 2.45) is 5.92 Å². The molecule has 4 heterocycles. The van der Waals surface area contributed by atoms with Crippen LogP contribution in [0, 0.1) is 11.7 Å². The van der Waals surface area contributed by atoms with E-state index in [0.29, 0.717) is 18.0 Å². The highest BCUT2D eigenvalue weighted by atomic mass is 19.1. The van der Waals surface area contributed by atoms with Crippen molar-refractivity contribution in [3.8, 4) is 0 Å². The summed E-state index contributed by atoms with van der Waals surface area (Å²) in [6.45, 7) is 2.87. The second-order valence-electron chi connectivity index (χ2n) is 7.48. The third kappa shape index (κ3) is 4.37. The Bertz CT molecular complexity index is 897. The fraction of sp³-hybridized carbons (Fsp3) is 0.381. The number of ether oxygens (including phenoxy) is 1. The molecule has 1 N–H and O–H groups in total. The molecule has 152 valence electrons. The zero-order chi connectivity index (χ0) is 20.4. The monoisotopic (exact) mass is 399 g/mol. The number of carbonyl (C=O) groups is 2. The van der Waals surface area contributed by atoms with E-state index < -0.39 is 17.9 Å². The highest BCUT2D eigenvalue weighted by Gasteiger charge is 2.37. The molecule has 2 bridgehead atoms. The van der Waals surface area contributed by atoms with Gasteiger partial charge in [0.2, 0.25) is 0 Å². The summed E-state index contributed by atoms with van der Waals surface area (Å²) in [6, 6.07) is 8.57. The molecule has 0 spiro atoms. The number of carboxylic acids is 1. The number of hydrogen-bond donors (Lipinski definition) is 1. The van der Waals surface area contributed by atoms with E-state index in [4.69, 9.17) is 9.84 Å². The van der Waals surface area contributed by atoms with Gasteiger partial charge in [0.15, 0.2) is 0 Å². The largest absolute Gasteiger partial charge is 0.478 e. The average molecular weight is 399 g/mol. The van der Waals surface area contributed by atoms with Gasteiger partial charge in [0.05, 0.1) is 12.1 Å². The fourth-order valence-electron chi connectivity index (χ4n) is 3.95. The Kier molecular flexibility index (Phi) is 5.44. The molecule has 2 aromatic rings. The lowest BCUT2D eigenvalue weighted by atomic mass is 9.86. The molecular formula is C21H22FN3O4. The van der Waals surface area contributed by atoms with Gasteiger partial charge in [-0.05, 0) is 55.6 Å². The lowest BCUT2D eigenvalue weighted by molar-refractivity contribution is -0.0311. The molecule has 1 aromatic carbocycles. The Morgan fingerprint density at radius 1 is 1.21 bits per heavy atom. The second kappa shape index (κ2) is 8.16. The number of carbonyl (C=O) groups excluding carboxylic acids is 1. The predicted octanol–water partition coefficient (Wildman–Crippen LogP) is 3.16. The maximum atomic E-state index is 13.8. The van der Waals surface area contributed by atoms with Crippen LogP contribution in [-0.2, 0) is 11.3 Å². The molecule has 1 aromatic heterocycles. The number of aromatic nitrogens is 1. The highest BCUT2D eigenvalue weighted by Crippen LogP contribution is 2.30. The smallest absolute Gasteiger partial charge is 0.416 e. The molecule has 1 amide bonds. The van der Waals surface area contributed by atoms with Crippen LogP contribution in [0.15, 0.2) is 42.6 Å². The molecule has 8 heteroatoms. The Balaban J connectivity index is 1.54. The lowest BCUT2D eigenvalue weighted by Crippen LogP contribution is -2.53. The van der Waals surface area contributed by atoms with E-state index >= 15 is 0 Å². The molecule has 0 saturated carbocycles. The van der Waals surface area contributed by atoms with Crippen molar-refractivity contribution in [1.82, 2.24) is 9.88 Å². The number of carboxylic acid groups (broad SMARTS) is 1. The fourth-order valence-corrected chi connectivity index (χ4v) is 3.95. The summed E-state index contributed by atoms with van der Waals surface area (Å²) in [7, 11) is 0. The number of aromatic carboxylic acids is 1. The molecule has 5 rings (SSSR count). The summed E-state index contributed by atoms with van der Waals surface area (Å²) < 4.78 is 19.6. The van der Waals surface area contributed by atoms with E-state index in [2.05, 4.69) is 9.88 Å². The van der Waals surface area contributed by atoms with Gasteiger partial charge in [-0.15, -0.1) is 0 Å². The lowest BCUT2D eigenvalue weighted by Gasteiger charge is -2.44. The standard InChI is InChI=1S/C21H22FN3O4/c22-17-5-8-23-19(11-17)25(12-14-1-3-16(4-2-14)20(26)27)21(28)29-18-13-24-9-6-15(18)7-10-24/h1-5,8,11,15,18H,6-7,9-10,12-13H2,(H,26,27)/t18-/m0/s1. The Morgan fingerprint density at radius 3 is 2.52 bits per heavy atom. The molecule has 3 aliphatic rings. The van der Waals surface area contributed by atoms with E-state index in [-0.39, 0.29) is 24.0 Å². The van der Waals surface area contributed by atoms with Gasteiger partial charge in [-0.1, -0.05) is 12.1 Å². The van der Waals surface area contributed by atoms with Crippen LogP contribution in [0.25, 0.3) is 0 Å². The van der Waals surface area contributed by atoms with Crippen molar-refractivity contribution in [2.75, 3.05) is 24.5 Å². The van der Waals surface area contributed by atoms with E-state index in [1.54, 1.807) is 12.1 Å². The summed E-state index contributed by atoms with van der Waals surface area (Å²) in [5.41, 5.74) is 0.839. The number of amides is 1. The van der Waals surface area contributed by atoms with Crippen LogP contribution in [0.1, 0.15) is 28.8 Å². The molecule has 3 saturated heterocycles. The van der Waals surface area contributed by atoms with Crippen molar-refractivity contribution in [1.29, 1.82) is 0 Å². The number of piperidine rings is 3. The number of hydrogen-bond acceptors (Lipinski definition) is 5. The summed E-state index contributed by atoms with van der Waals surface area (Å²) in [5.74, 6) is -1.03. The molecule has 1 atom stereocenters. The Labute approximate surface area is 167 Å². The van der Waals surface area contributed by atoms with Crippen LogP contribution < -0.4 is 4.90 Å². The number of benzene rings is 1. The third-order valence-electron chi connectivity index (χ3n) is 5.59. The average Bonchev–Trinajstić information content (AvgIpc) is 2.73. The van der Waals surface area contributed by atoms with Gasteiger partial charge in [0.25, 0.3) is 0 Å². The maximum absolute atomic E-state index is 13.8. The molecule has 7 nitrogen and oxygen atoms in total. The molecule has 0 aliphatic carbocycles. The molecule has 29 heavy (non-hydrogen) atoms. The number of anilines is 1. The summed E-state index contributed by atoms with van der Waals surface area (Å²) in [4.78, 5) is 31.8. The van der Waals surface area contributed by atoms with Gasteiger partial charge >= 0.3 is 12.1 Å². The first-order valence-electron chi connectivity index (χ1n) is 9.64. The van der Waals surface area contributed by atoms with Crippen LogP contribution >= 0.6 is 0 Å². The van der Waals surface area contributed by atoms with Gasteiger partial charge in [0, 0.05) is 18.8 Å². The zero-order valence-electron chi connectivity index (χ0n) is 15.8. The quantitative estimate of drug-likeness (QED) is 0.832. The third-order valence-corrected chi connectivity index (χ3v) is 5.59. The number of halogens is 1. The maximum Gasteiger partial charge on any atom is 0.416 e. The van der Waals surface area contributed by atoms with Gasteiger partial charge in [0.1, 0.15) is 17.7 Å². The molecule has 3 aliphatic heterocycles. The predicted molar refractivity (Wildman–Crippen MR) is 103 cm³/mol. The number of pyridine rings is 1. The van der Waals surface area contributed by atoms with Crippen LogP contribution in [0.4, 0.5) is 15.0 Å². The van der Waals surface area contributed by atoms with E-state index in [1.807, 2.05) is 0 Å². The zero-order valence-corrected chi connectivity index (χ0v) is 15.8. The van der Waals surface area contributed by atoms with Crippen molar-refractivity contribution in [3.05, 3.63) is 59.5 Å². The summed E-state index contributed by atoms with van der Waals surface area (Å²) >= 11 is 0. The molecule has 3 fully saturated rings. The van der Waals surface area contributed by atoms with Crippen LogP contribution in [0.3, 0.4) is 0 Å². The van der Waals surface area contributed by atoms with Gasteiger partial charge in [-0.25, -0.2) is 19.0 Å². The summed E-state index contributed by atoms with van der Waals surface area (Å²) in [6.07, 6.45) is 2.55. The highest BCUT2D eigenvalue weighted by molar-refractivity contribution is 5.88. The van der Waals surface area contributed by atoms with E-state index in [9.17, 15) is 14.0 Å². The minimum absolute atomic E-state index is 0.0935. The normalized spacial score (nSPS) is 22.9. The Hall–Kier alpha value is -3.00. The minimum Gasteiger partial charge on any atom is -0.478 e. The summed E-state index contributed by atoms with van der Waals surface area (Å²) in [5, 5.41) is 9.05. The van der Waals surface area contributed by atoms with Gasteiger partial charge < -0.3 is 9.84 Å². The SMILES string of the molecule is O=C(O)c1ccc(CN(C(=O)O[C@H]2CN3CCC2CC3)c2cc(F)ccn2)cc1. The first-order valence-corrected chi connectivity index (χ1v) is 9.64. The topological polar surface area (TPSA) is 83.0 Å². The minimum atomic E-state index is -1.03. The van der Waals surface area contributed by atoms with Crippen molar-refractivity contribution < 1.29 is 23.8 Å². The second-order valence-corrected chi connectivity index (χ2v) is 7.48. The molecule has 0 radical (unpaired) electrons. The van der Waals surface area contributed by atoms with Crippen molar-refractivity contribution in [2.45, 2.75) is 25.5 Å². The van der Waals surface area contributed by atoms with Crippen LogP contribution in [-0.4, -0.2) is 52.8 Å². The van der Waals surface area contributed by atoms with Gasteiger partial charge in [-0.3, -0.25) is 9.80 Å². The van der Waals surface area contributed by atoms with Crippen LogP contribution in [0.5, 0.6) is 0 Å². The van der Waals surface area contributed by atoms with Crippen molar-refractivity contribution >= 4 is 17.9 Å². The number of rotatable bonds is 5. The van der Waals surface area contributed by atoms with E-state index in [1.165, 1.54) is 35.4 Å². The molecular weight excluding hydrogens is 377 g/mol. The first kappa shape index (κ1) is 19.3. The van der Waals surface area contributed by atoms with Gasteiger partial charge in [-0.2, -0.15) is 0 Å². The Morgan fingerprint density at radius 2 is 1.93 bits per heavy atom. The van der Waals surface area contributed by atoms with Crippen molar-refractivity contribution in [3.63, 3.8) is 0 Å².